The molecule has 3 rings (SSSR count). The van der Waals surface area contributed by atoms with E-state index in [-0.39, 0.29) is 0 Å². The molecule has 0 unspecified atom stereocenters. The molecule has 0 aromatic heterocycles. The topological polar surface area (TPSA) is 32.7 Å². The lowest BCUT2D eigenvalue weighted by Crippen LogP contribution is -2.34. The number of hydrogen-bond acceptors (Lipinski definition) is 3. The number of hydrogen-bond donors (Lipinski definition) is 0. The Labute approximate surface area is 149 Å². The zero-order chi connectivity index (χ0) is 18.0. The van der Waals surface area contributed by atoms with E-state index in [1.54, 1.807) is 0 Å². The summed E-state index contributed by atoms with van der Waals surface area (Å²) in [5.41, 5.74) is 2.96. The van der Waals surface area contributed by atoms with E-state index in [1.807, 2.05) is 19.9 Å². The summed E-state index contributed by atoms with van der Waals surface area (Å²) in [6.45, 7) is 4.83. The number of rotatable bonds is 3. The van der Waals surface area contributed by atoms with Crippen molar-refractivity contribution in [3.8, 4) is 0 Å². The molecule has 130 valence electrons. The number of carbonyl (C=O) groups is 1. The molecule has 1 aliphatic heterocycles. The molecule has 0 spiro atoms. The highest BCUT2D eigenvalue weighted by Gasteiger charge is 2.29. The number of aliphatic imine (C=N–C) groups is 1. The summed E-state index contributed by atoms with van der Waals surface area (Å²) in [7, 11) is 0. The largest absolute Gasteiger partial charge is 0.285 e. The van der Waals surface area contributed by atoms with Crippen LogP contribution in [-0.4, -0.2) is 29.1 Å². The molecule has 2 aromatic rings. The van der Waals surface area contributed by atoms with E-state index in [0.717, 1.165) is 28.8 Å². The Balaban J connectivity index is 1.77. The Kier molecular flexibility index (Phi) is 5.18. The number of amides is 1. The van der Waals surface area contributed by atoms with Crippen LogP contribution in [0.2, 0.25) is 0 Å². The second-order valence-electron chi connectivity index (χ2n) is 5.94. The van der Waals surface area contributed by atoms with Gasteiger partial charge in [-0.2, -0.15) is 0 Å². The van der Waals surface area contributed by atoms with Gasteiger partial charge in [-0.3, -0.25) is 14.7 Å². The molecule has 6 heteroatoms. The van der Waals surface area contributed by atoms with Crippen LogP contribution in [-0.2, 0) is 5.75 Å². The lowest BCUT2D eigenvalue weighted by Gasteiger charge is -2.19. The Morgan fingerprint density at radius 2 is 1.92 bits per heavy atom. The number of thioether (sulfide) groups is 1. The average Bonchev–Trinajstić information content (AvgIpc) is 3.04. The van der Waals surface area contributed by atoms with Crippen LogP contribution in [0.15, 0.2) is 41.4 Å². The van der Waals surface area contributed by atoms with Crippen molar-refractivity contribution in [2.45, 2.75) is 19.6 Å². The van der Waals surface area contributed by atoms with Gasteiger partial charge in [-0.15, -0.1) is 0 Å². The van der Waals surface area contributed by atoms with E-state index in [2.05, 4.69) is 17.1 Å². The van der Waals surface area contributed by atoms with Gasteiger partial charge in [-0.05, 0) is 37.1 Å². The Bertz CT molecular complexity index is 831. The highest BCUT2D eigenvalue weighted by atomic mass is 32.2. The van der Waals surface area contributed by atoms with Gasteiger partial charge in [0.05, 0.1) is 6.54 Å². The van der Waals surface area contributed by atoms with Crippen LogP contribution in [0.5, 0.6) is 0 Å². The van der Waals surface area contributed by atoms with Gasteiger partial charge in [0.15, 0.2) is 5.17 Å². The molecule has 0 radical (unpaired) electrons. The predicted molar refractivity (Wildman–Crippen MR) is 96.9 cm³/mol. The molecule has 1 aliphatic rings. The van der Waals surface area contributed by atoms with Gasteiger partial charge >= 0.3 is 0 Å². The minimum atomic E-state index is -0.851. The van der Waals surface area contributed by atoms with Gasteiger partial charge in [-0.1, -0.05) is 41.6 Å². The number of halogens is 2. The first kappa shape index (κ1) is 17.6. The van der Waals surface area contributed by atoms with Crippen LogP contribution in [0.1, 0.15) is 27.0 Å². The van der Waals surface area contributed by atoms with Gasteiger partial charge in [0.1, 0.15) is 17.2 Å². The SMILES string of the molecule is Cc1ccc(C)c(CSC2=NCCN2C(=O)c2c(F)cccc2F)c1. The monoisotopic (exact) mass is 360 g/mol. The zero-order valence-corrected chi connectivity index (χ0v) is 14.9. The molecule has 2 aromatic carbocycles. The maximum atomic E-state index is 13.9. The van der Waals surface area contributed by atoms with Crippen LogP contribution in [0, 0.1) is 25.5 Å². The third-order valence-corrected chi connectivity index (χ3v) is 5.15. The van der Waals surface area contributed by atoms with Crippen molar-refractivity contribution < 1.29 is 13.6 Å². The molecule has 0 saturated heterocycles. The first-order chi connectivity index (χ1) is 12.0. The summed E-state index contributed by atoms with van der Waals surface area (Å²) in [5.74, 6) is -1.73. The molecule has 3 nitrogen and oxygen atoms in total. The van der Waals surface area contributed by atoms with E-state index < -0.39 is 23.1 Å². The van der Waals surface area contributed by atoms with Gasteiger partial charge in [0.2, 0.25) is 0 Å². The summed E-state index contributed by atoms with van der Waals surface area (Å²) >= 11 is 1.41. The maximum Gasteiger partial charge on any atom is 0.265 e. The van der Waals surface area contributed by atoms with Crippen LogP contribution >= 0.6 is 11.8 Å². The molecular formula is C19H18F2N2OS. The fourth-order valence-corrected chi connectivity index (χ4v) is 3.78. The minimum Gasteiger partial charge on any atom is -0.285 e. The number of nitrogens with zero attached hydrogens (tertiary/aromatic N) is 2. The summed E-state index contributed by atoms with van der Waals surface area (Å²) in [5, 5.41) is 0.508. The highest BCUT2D eigenvalue weighted by molar-refractivity contribution is 8.13. The molecule has 0 atom stereocenters. The van der Waals surface area contributed by atoms with Crippen LogP contribution in [0.3, 0.4) is 0 Å². The van der Waals surface area contributed by atoms with Crippen molar-refractivity contribution in [1.29, 1.82) is 0 Å². The van der Waals surface area contributed by atoms with Gasteiger partial charge in [-0.25, -0.2) is 8.78 Å². The fourth-order valence-electron chi connectivity index (χ4n) is 2.67. The lowest BCUT2D eigenvalue weighted by atomic mass is 10.1. The second-order valence-corrected chi connectivity index (χ2v) is 6.88. The summed E-state index contributed by atoms with van der Waals surface area (Å²) in [6, 6.07) is 9.63. The number of amidine groups is 1. The maximum absolute atomic E-state index is 13.9. The van der Waals surface area contributed by atoms with Crippen molar-refractivity contribution >= 4 is 22.8 Å². The summed E-state index contributed by atoms with van der Waals surface area (Å²) < 4.78 is 27.8. The third-order valence-electron chi connectivity index (χ3n) is 4.08. The highest BCUT2D eigenvalue weighted by Crippen LogP contribution is 2.25. The summed E-state index contributed by atoms with van der Waals surface area (Å²) in [6.07, 6.45) is 0. The van der Waals surface area contributed by atoms with Crippen molar-refractivity contribution in [3.05, 3.63) is 70.3 Å². The quantitative estimate of drug-likeness (QED) is 0.816. The standard InChI is InChI=1S/C19H18F2N2OS/c1-12-6-7-13(2)14(10-12)11-25-19-22-8-9-23(19)18(24)17-15(20)4-3-5-16(17)21/h3-7,10H,8-9,11H2,1-2H3. The first-order valence-corrected chi connectivity index (χ1v) is 8.95. The minimum absolute atomic E-state index is 0.335. The van der Waals surface area contributed by atoms with E-state index in [4.69, 9.17) is 0 Å². The number of benzene rings is 2. The Morgan fingerprint density at radius 1 is 1.20 bits per heavy atom. The molecule has 25 heavy (non-hydrogen) atoms. The second kappa shape index (κ2) is 7.35. The summed E-state index contributed by atoms with van der Waals surface area (Å²) in [4.78, 5) is 18.3. The van der Waals surface area contributed by atoms with E-state index in [9.17, 15) is 13.6 Å². The van der Waals surface area contributed by atoms with Crippen molar-refractivity contribution in [3.63, 3.8) is 0 Å². The average molecular weight is 360 g/mol. The predicted octanol–water partition coefficient (Wildman–Crippen LogP) is 4.33. The van der Waals surface area contributed by atoms with Crippen LogP contribution < -0.4 is 0 Å². The molecule has 0 saturated carbocycles. The normalized spacial score (nSPS) is 13.9. The van der Waals surface area contributed by atoms with E-state index in [0.29, 0.717) is 24.0 Å². The first-order valence-electron chi connectivity index (χ1n) is 7.96. The Morgan fingerprint density at radius 3 is 2.64 bits per heavy atom. The number of aryl methyl sites for hydroxylation is 2. The fraction of sp³-hybridized carbons (Fsp3) is 0.263. The molecule has 1 amide bonds. The molecule has 0 aliphatic carbocycles. The van der Waals surface area contributed by atoms with Crippen LogP contribution in [0.4, 0.5) is 8.78 Å². The van der Waals surface area contributed by atoms with Crippen molar-refractivity contribution in [1.82, 2.24) is 4.90 Å². The van der Waals surface area contributed by atoms with Crippen molar-refractivity contribution in [2.75, 3.05) is 13.1 Å². The van der Waals surface area contributed by atoms with E-state index in [1.165, 1.54) is 22.7 Å². The smallest absolute Gasteiger partial charge is 0.265 e. The van der Waals surface area contributed by atoms with Gasteiger partial charge in [0.25, 0.3) is 5.91 Å². The van der Waals surface area contributed by atoms with Gasteiger partial charge < -0.3 is 0 Å². The van der Waals surface area contributed by atoms with Gasteiger partial charge in [0, 0.05) is 12.3 Å². The zero-order valence-electron chi connectivity index (χ0n) is 14.1. The third kappa shape index (κ3) is 3.74. The Hall–Kier alpha value is -2.21. The molecule has 0 N–H and O–H groups in total. The molecule has 0 bridgehead atoms. The molecular weight excluding hydrogens is 342 g/mol. The lowest BCUT2D eigenvalue weighted by molar-refractivity contribution is 0.0851. The molecule has 1 heterocycles. The van der Waals surface area contributed by atoms with Crippen molar-refractivity contribution in [2.24, 2.45) is 4.99 Å². The van der Waals surface area contributed by atoms with E-state index >= 15 is 0 Å². The van der Waals surface area contributed by atoms with Crippen LogP contribution in [0.25, 0.3) is 0 Å². The number of carbonyl (C=O) groups excluding carboxylic acids is 1. The molecule has 0 fully saturated rings.